The van der Waals surface area contributed by atoms with Gasteiger partial charge in [0.05, 0.1) is 5.69 Å². The Morgan fingerprint density at radius 1 is 0.800 bits per heavy atom. The second kappa shape index (κ2) is 11.8. The molecular weight excluding hydrogens is 432 g/mol. The van der Waals surface area contributed by atoms with Gasteiger partial charge in [0, 0.05) is 32.3 Å². The number of anilines is 3. The Kier molecular flexibility index (Phi) is 8.12. The molecule has 1 amide bonds. The maximum absolute atomic E-state index is 12.3. The van der Waals surface area contributed by atoms with E-state index in [9.17, 15) is 4.79 Å². The molecule has 0 bridgehead atoms. The highest BCUT2D eigenvalue weighted by molar-refractivity contribution is 5.97. The number of benzene rings is 3. The first kappa shape index (κ1) is 24.0. The van der Waals surface area contributed by atoms with Gasteiger partial charge in [0.15, 0.2) is 5.82 Å². The van der Waals surface area contributed by atoms with Crippen molar-refractivity contribution < 1.29 is 4.79 Å². The number of nitrogens with zero attached hydrogens (tertiary/aromatic N) is 2. The minimum Gasteiger partial charge on any atom is -0.383 e. The molecule has 0 unspecified atom stereocenters. The molecule has 35 heavy (non-hydrogen) atoms. The molecule has 0 saturated carbocycles. The third-order valence-electron chi connectivity index (χ3n) is 5.73. The van der Waals surface area contributed by atoms with Crippen LogP contribution in [0.4, 0.5) is 17.2 Å². The van der Waals surface area contributed by atoms with Crippen LogP contribution in [0.25, 0.3) is 0 Å². The molecular formula is C30H32N4O. The first-order valence-corrected chi connectivity index (χ1v) is 12.0. The van der Waals surface area contributed by atoms with E-state index in [1.54, 1.807) is 0 Å². The van der Waals surface area contributed by atoms with E-state index in [4.69, 9.17) is 4.98 Å². The normalized spacial score (nSPS) is 10.6. The highest BCUT2D eigenvalue weighted by Gasteiger charge is 2.20. The number of hydrogen-bond acceptors (Lipinski definition) is 4. The first-order valence-electron chi connectivity index (χ1n) is 12.0. The monoisotopic (exact) mass is 464 g/mol. The molecule has 2 N–H and O–H groups in total. The van der Waals surface area contributed by atoms with Gasteiger partial charge in [-0.05, 0) is 36.1 Å². The SMILES string of the molecule is CC(=O)Nc1c(NCCc2ccccc2)cc(C)nc1N(Cc1ccccc1)Cc1ccccc1. The summed E-state index contributed by atoms with van der Waals surface area (Å²) in [5.74, 6) is 0.637. The van der Waals surface area contributed by atoms with Crippen molar-refractivity contribution in [1.82, 2.24) is 4.98 Å². The first-order chi connectivity index (χ1) is 17.1. The van der Waals surface area contributed by atoms with Crippen molar-refractivity contribution in [2.45, 2.75) is 33.4 Å². The van der Waals surface area contributed by atoms with Gasteiger partial charge in [-0.25, -0.2) is 4.98 Å². The van der Waals surface area contributed by atoms with Gasteiger partial charge in [0.2, 0.25) is 5.91 Å². The highest BCUT2D eigenvalue weighted by atomic mass is 16.1. The molecule has 178 valence electrons. The van der Waals surface area contributed by atoms with E-state index in [-0.39, 0.29) is 5.91 Å². The van der Waals surface area contributed by atoms with Gasteiger partial charge in [-0.2, -0.15) is 0 Å². The molecule has 0 fully saturated rings. The van der Waals surface area contributed by atoms with E-state index in [0.717, 1.165) is 30.2 Å². The summed E-state index contributed by atoms with van der Waals surface area (Å²) in [6.07, 6.45) is 0.884. The number of aryl methyl sites for hydroxylation is 1. The zero-order chi connectivity index (χ0) is 24.5. The van der Waals surface area contributed by atoms with Gasteiger partial charge in [-0.15, -0.1) is 0 Å². The van der Waals surface area contributed by atoms with E-state index in [2.05, 4.69) is 64.1 Å². The Morgan fingerprint density at radius 3 is 1.83 bits per heavy atom. The van der Waals surface area contributed by atoms with Crippen LogP contribution in [0.3, 0.4) is 0 Å². The molecule has 3 aromatic carbocycles. The van der Waals surface area contributed by atoms with Crippen molar-refractivity contribution in [2.24, 2.45) is 0 Å². The lowest BCUT2D eigenvalue weighted by Crippen LogP contribution is -2.26. The minimum atomic E-state index is -0.123. The third-order valence-corrected chi connectivity index (χ3v) is 5.73. The predicted octanol–water partition coefficient (Wildman–Crippen LogP) is 6.21. The zero-order valence-corrected chi connectivity index (χ0v) is 20.4. The fourth-order valence-corrected chi connectivity index (χ4v) is 4.12. The fraction of sp³-hybridized carbons (Fsp3) is 0.200. The van der Waals surface area contributed by atoms with Crippen LogP contribution in [0.15, 0.2) is 97.1 Å². The summed E-state index contributed by atoms with van der Waals surface area (Å²) < 4.78 is 0. The average Bonchev–Trinajstić information content (AvgIpc) is 2.87. The Labute approximate surface area is 207 Å². The van der Waals surface area contributed by atoms with E-state index < -0.39 is 0 Å². The molecule has 0 aliphatic heterocycles. The van der Waals surface area contributed by atoms with Crippen molar-refractivity contribution in [3.63, 3.8) is 0 Å². The third kappa shape index (κ3) is 6.93. The molecule has 5 nitrogen and oxygen atoms in total. The lowest BCUT2D eigenvalue weighted by molar-refractivity contribution is -0.114. The van der Waals surface area contributed by atoms with E-state index in [1.807, 2.05) is 55.5 Å². The molecule has 0 spiro atoms. The highest BCUT2D eigenvalue weighted by Crippen LogP contribution is 2.34. The number of aromatic nitrogens is 1. The quantitative estimate of drug-likeness (QED) is 0.293. The smallest absolute Gasteiger partial charge is 0.221 e. The second-order valence-corrected chi connectivity index (χ2v) is 8.68. The second-order valence-electron chi connectivity index (χ2n) is 8.68. The number of rotatable bonds is 10. The van der Waals surface area contributed by atoms with Crippen LogP contribution >= 0.6 is 0 Å². The lowest BCUT2D eigenvalue weighted by Gasteiger charge is -2.28. The van der Waals surface area contributed by atoms with Crippen LogP contribution in [0.5, 0.6) is 0 Å². The van der Waals surface area contributed by atoms with Gasteiger partial charge >= 0.3 is 0 Å². The molecule has 4 aromatic rings. The van der Waals surface area contributed by atoms with E-state index in [0.29, 0.717) is 18.8 Å². The van der Waals surface area contributed by atoms with Gasteiger partial charge < -0.3 is 15.5 Å². The summed E-state index contributed by atoms with van der Waals surface area (Å²) in [6, 6.07) is 33.1. The Balaban J connectivity index is 1.69. The summed E-state index contributed by atoms with van der Waals surface area (Å²) >= 11 is 0. The molecule has 0 aliphatic rings. The van der Waals surface area contributed by atoms with Gasteiger partial charge in [0.1, 0.15) is 5.69 Å². The van der Waals surface area contributed by atoms with Crippen LogP contribution in [0, 0.1) is 6.92 Å². The van der Waals surface area contributed by atoms with Crippen LogP contribution < -0.4 is 15.5 Å². The minimum absolute atomic E-state index is 0.123. The Morgan fingerprint density at radius 2 is 1.31 bits per heavy atom. The maximum atomic E-state index is 12.3. The number of nitrogens with one attached hydrogen (secondary N) is 2. The standard InChI is InChI=1S/C30H32N4O/c1-23-20-28(31-19-18-25-12-6-3-7-13-25)29(33-24(2)35)30(32-23)34(21-26-14-8-4-9-15-26)22-27-16-10-5-11-17-27/h3-17,20H,18-19,21-22H2,1-2H3,(H,31,32)(H,33,35). The predicted molar refractivity (Wildman–Crippen MR) is 145 cm³/mol. The van der Waals surface area contributed by atoms with Gasteiger partial charge in [-0.3, -0.25) is 4.79 Å². The molecule has 1 heterocycles. The van der Waals surface area contributed by atoms with Crippen LogP contribution in [-0.2, 0) is 24.3 Å². The molecule has 0 atom stereocenters. The number of amides is 1. The molecule has 4 rings (SSSR count). The summed E-state index contributed by atoms with van der Waals surface area (Å²) in [5, 5.41) is 6.61. The molecule has 1 aromatic heterocycles. The molecule has 0 radical (unpaired) electrons. The lowest BCUT2D eigenvalue weighted by atomic mass is 10.1. The van der Waals surface area contributed by atoms with Crippen LogP contribution in [0.1, 0.15) is 29.3 Å². The number of carbonyl (C=O) groups is 1. The summed E-state index contributed by atoms with van der Waals surface area (Å²) in [7, 11) is 0. The summed E-state index contributed by atoms with van der Waals surface area (Å²) in [4.78, 5) is 19.4. The number of pyridine rings is 1. The largest absolute Gasteiger partial charge is 0.383 e. The van der Waals surface area contributed by atoms with Crippen LogP contribution in [0.2, 0.25) is 0 Å². The Bertz CT molecular complexity index is 1190. The van der Waals surface area contributed by atoms with Crippen molar-refractivity contribution in [3.8, 4) is 0 Å². The van der Waals surface area contributed by atoms with E-state index in [1.165, 1.54) is 23.6 Å². The average molecular weight is 465 g/mol. The molecule has 5 heteroatoms. The molecule has 0 aliphatic carbocycles. The Hall–Kier alpha value is -4.12. The molecule has 0 saturated heterocycles. The fourth-order valence-electron chi connectivity index (χ4n) is 4.12. The summed E-state index contributed by atoms with van der Waals surface area (Å²) in [6.45, 7) is 5.62. The van der Waals surface area contributed by atoms with Crippen LogP contribution in [-0.4, -0.2) is 17.4 Å². The zero-order valence-electron chi connectivity index (χ0n) is 20.4. The van der Waals surface area contributed by atoms with Crippen molar-refractivity contribution in [2.75, 3.05) is 22.1 Å². The van der Waals surface area contributed by atoms with Crippen molar-refractivity contribution >= 4 is 23.1 Å². The van der Waals surface area contributed by atoms with E-state index >= 15 is 0 Å². The number of hydrogen-bond donors (Lipinski definition) is 2. The topological polar surface area (TPSA) is 57.3 Å². The number of carbonyl (C=O) groups excluding carboxylic acids is 1. The van der Waals surface area contributed by atoms with Crippen molar-refractivity contribution in [3.05, 3.63) is 119 Å². The summed E-state index contributed by atoms with van der Waals surface area (Å²) in [5.41, 5.74) is 6.11. The van der Waals surface area contributed by atoms with Crippen molar-refractivity contribution in [1.29, 1.82) is 0 Å². The van der Waals surface area contributed by atoms with Gasteiger partial charge in [0.25, 0.3) is 0 Å². The maximum Gasteiger partial charge on any atom is 0.221 e. The van der Waals surface area contributed by atoms with Gasteiger partial charge in [-0.1, -0.05) is 91.0 Å².